The number of likely N-dealkylation sites (tertiary alicyclic amines) is 1. The van der Waals surface area contributed by atoms with E-state index in [1.54, 1.807) is 24.3 Å². The third-order valence-corrected chi connectivity index (χ3v) is 7.62. The topological polar surface area (TPSA) is 80.8 Å². The van der Waals surface area contributed by atoms with Gasteiger partial charge in [0.15, 0.2) is 0 Å². The number of imide groups is 1. The van der Waals surface area contributed by atoms with Crippen LogP contribution in [0.2, 0.25) is 0 Å². The Balaban J connectivity index is 1.51. The quantitative estimate of drug-likeness (QED) is 0.539. The maximum Gasteiger partial charge on any atom is 0.237 e. The fraction of sp³-hybridized carbons (Fsp3) is 0.385. The first-order valence-electron chi connectivity index (χ1n) is 11.3. The van der Waals surface area contributed by atoms with Crippen molar-refractivity contribution in [2.45, 2.75) is 49.9 Å². The average molecular weight is 429 g/mol. The lowest BCUT2D eigenvalue weighted by Crippen LogP contribution is -2.52. The van der Waals surface area contributed by atoms with Crippen LogP contribution in [0, 0.1) is 11.8 Å². The molecule has 2 aliphatic heterocycles. The van der Waals surface area contributed by atoms with Crippen LogP contribution >= 0.6 is 0 Å². The Kier molecular flexibility index (Phi) is 4.24. The lowest BCUT2D eigenvalue weighted by molar-refractivity contribution is -0.148. The summed E-state index contributed by atoms with van der Waals surface area (Å²) in [5, 5.41) is 0. The number of ketones is 2. The van der Waals surface area contributed by atoms with Gasteiger partial charge in [-0.3, -0.25) is 24.1 Å². The number of benzene rings is 2. The van der Waals surface area contributed by atoms with Crippen LogP contribution in [0.5, 0.6) is 0 Å². The molecule has 0 unspecified atom stereocenters. The number of hydrogen-bond acceptors (Lipinski definition) is 5. The number of nitrogens with zero attached hydrogens (tertiary/aromatic N) is 1. The van der Waals surface area contributed by atoms with E-state index in [4.69, 9.17) is 4.74 Å². The zero-order valence-electron chi connectivity index (χ0n) is 17.5. The van der Waals surface area contributed by atoms with Gasteiger partial charge in [0, 0.05) is 17.2 Å². The molecule has 0 aromatic heterocycles. The second-order valence-electron chi connectivity index (χ2n) is 9.23. The number of ether oxygens (including phenoxy) is 1. The number of rotatable bonds is 2. The van der Waals surface area contributed by atoms with E-state index in [0.717, 1.165) is 32.1 Å². The van der Waals surface area contributed by atoms with Gasteiger partial charge in [-0.1, -0.05) is 73.9 Å². The predicted octanol–water partition coefficient (Wildman–Crippen LogP) is 3.51. The summed E-state index contributed by atoms with van der Waals surface area (Å²) in [7, 11) is 0. The molecule has 2 aliphatic carbocycles. The number of amides is 2. The summed E-state index contributed by atoms with van der Waals surface area (Å²) in [6, 6.07) is 15.5. The molecule has 162 valence electrons. The van der Waals surface area contributed by atoms with E-state index >= 15 is 0 Å². The molecule has 2 aromatic carbocycles. The Bertz CT molecular complexity index is 1110. The van der Waals surface area contributed by atoms with E-state index in [2.05, 4.69) is 0 Å². The lowest BCUT2D eigenvalue weighted by Gasteiger charge is -2.33. The minimum Gasteiger partial charge on any atom is -0.349 e. The van der Waals surface area contributed by atoms with E-state index < -0.39 is 41.0 Å². The first-order valence-corrected chi connectivity index (χ1v) is 11.3. The number of carbonyl (C=O) groups excluding carboxylic acids is 4. The summed E-state index contributed by atoms with van der Waals surface area (Å²) in [5.41, 5.74) is -0.740. The summed E-state index contributed by atoms with van der Waals surface area (Å²) in [5.74, 6) is -3.76. The highest BCUT2D eigenvalue weighted by Gasteiger charge is 2.75. The Hall–Kier alpha value is -3.12. The van der Waals surface area contributed by atoms with Crippen LogP contribution in [0.3, 0.4) is 0 Å². The monoisotopic (exact) mass is 429 g/mol. The molecule has 2 aromatic rings. The minimum atomic E-state index is -1.97. The molecule has 3 fully saturated rings. The van der Waals surface area contributed by atoms with Crippen molar-refractivity contribution in [3.8, 4) is 0 Å². The van der Waals surface area contributed by atoms with Gasteiger partial charge >= 0.3 is 0 Å². The average Bonchev–Trinajstić information content (AvgIpc) is 3.40. The highest BCUT2D eigenvalue weighted by atomic mass is 16.5. The van der Waals surface area contributed by atoms with Gasteiger partial charge in [-0.05, 0) is 18.4 Å². The summed E-state index contributed by atoms with van der Waals surface area (Å²) >= 11 is 0. The van der Waals surface area contributed by atoms with Gasteiger partial charge in [-0.25, -0.2) is 0 Å². The van der Waals surface area contributed by atoms with Crippen LogP contribution in [0.15, 0.2) is 54.6 Å². The molecule has 2 saturated heterocycles. The molecule has 1 spiro atoms. The van der Waals surface area contributed by atoms with Gasteiger partial charge < -0.3 is 4.74 Å². The highest BCUT2D eigenvalue weighted by Crippen LogP contribution is 2.57. The molecule has 0 radical (unpaired) electrons. The fourth-order valence-electron chi connectivity index (χ4n) is 6.18. The van der Waals surface area contributed by atoms with Crippen LogP contribution in [0.4, 0.5) is 0 Å². The Labute approximate surface area is 185 Å². The molecule has 2 amide bonds. The van der Waals surface area contributed by atoms with Crippen molar-refractivity contribution in [3.63, 3.8) is 0 Å². The molecule has 1 saturated carbocycles. The maximum atomic E-state index is 13.8. The largest absolute Gasteiger partial charge is 0.349 e. The number of carbonyl (C=O) groups is 4. The smallest absolute Gasteiger partial charge is 0.237 e. The number of fused-ring (bicyclic) bond motifs is 3. The summed E-state index contributed by atoms with van der Waals surface area (Å²) in [6.07, 6.45) is 3.72. The molecule has 3 atom stereocenters. The summed E-state index contributed by atoms with van der Waals surface area (Å²) < 4.78 is 6.28. The molecule has 32 heavy (non-hydrogen) atoms. The molecule has 4 aliphatic rings. The number of hydrogen-bond donors (Lipinski definition) is 0. The molecular weight excluding hydrogens is 406 g/mol. The number of Topliss-reactive ketones (excluding diaryl/α,β-unsaturated/α-hetero) is 2. The molecule has 6 nitrogen and oxygen atoms in total. The van der Waals surface area contributed by atoms with Crippen molar-refractivity contribution in [2.24, 2.45) is 11.8 Å². The second-order valence-corrected chi connectivity index (χ2v) is 9.23. The van der Waals surface area contributed by atoms with Crippen molar-refractivity contribution < 1.29 is 23.9 Å². The van der Waals surface area contributed by atoms with Gasteiger partial charge in [0.05, 0.1) is 17.9 Å². The van der Waals surface area contributed by atoms with E-state index in [-0.39, 0.29) is 23.1 Å². The predicted molar refractivity (Wildman–Crippen MR) is 114 cm³/mol. The summed E-state index contributed by atoms with van der Waals surface area (Å²) in [4.78, 5) is 56.2. The first kappa shape index (κ1) is 19.6. The first-order chi connectivity index (χ1) is 15.6. The van der Waals surface area contributed by atoms with Crippen molar-refractivity contribution in [3.05, 3.63) is 71.3 Å². The van der Waals surface area contributed by atoms with E-state index in [9.17, 15) is 19.2 Å². The molecule has 0 bridgehead atoms. The Morgan fingerprint density at radius 1 is 0.750 bits per heavy atom. The van der Waals surface area contributed by atoms with Crippen molar-refractivity contribution in [2.75, 3.05) is 0 Å². The zero-order chi connectivity index (χ0) is 22.0. The van der Waals surface area contributed by atoms with Crippen molar-refractivity contribution >= 4 is 23.4 Å². The Morgan fingerprint density at radius 3 is 1.97 bits per heavy atom. The lowest BCUT2D eigenvalue weighted by atomic mass is 9.77. The standard InChI is InChI=1S/C26H23NO5/c28-22-17-13-7-8-14-18(17)23(29)26(22)20-19(21(32-26)15-9-3-1-4-10-15)24(30)27(25(20)31)16-11-5-2-6-12-16/h1,3-4,7-10,13-14,16,19-21H,2,5-6,11-12H2/t19-,20-,21-/m1/s1. The third kappa shape index (κ3) is 2.39. The molecule has 6 heteroatoms. The van der Waals surface area contributed by atoms with Crippen LogP contribution in [-0.4, -0.2) is 39.9 Å². The van der Waals surface area contributed by atoms with Gasteiger partial charge in [0.2, 0.25) is 29.0 Å². The van der Waals surface area contributed by atoms with Gasteiger partial charge in [0.25, 0.3) is 0 Å². The van der Waals surface area contributed by atoms with Crippen molar-refractivity contribution in [1.82, 2.24) is 4.90 Å². The fourth-order valence-corrected chi connectivity index (χ4v) is 6.18. The summed E-state index contributed by atoms with van der Waals surface area (Å²) in [6.45, 7) is 0. The van der Waals surface area contributed by atoms with Crippen molar-refractivity contribution in [1.29, 1.82) is 0 Å². The van der Waals surface area contributed by atoms with E-state index in [0.29, 0.717) is 5.56 Å². The van der Waals surface area contributed by atoms with Crippen LogP contribution in [0.1, 0.15) is 64.5 Å². The second kappa shape index (κ2) is 6.94. The minimum absolute atomic E-state index is 0.170. The molecule has 6 rings (SSSR count). The zero-order valence-corrected chi connectivity index (χ0v) is 17.5. The third-order valence-electron chi connectivity index (χ3n) is 7.62. The van der Waals surface area contributed by atoms with Crippen LogP contribution < -0.4 is 0 Å². The van der Waals surface area contributed by atoms with Gasteiger partial charge in [0.1, 0.15) is 0 Å². The van der Waals surface area contributed by atoms with E-state index in [1.165, 1.54) is 4.90 Å². The highest BCUT2D eigenvalue weighted by molar-refractivity contribution is 6.35. The molecule has 2 heterocycles. The molecular formula is C26H23NO5. The van der Waals surface area contributed by atoms with Crippen LogP contribution in [-0.2, 0) is 14.3 Å². The molecule has 0 N–H and O–H groups in total. The van der Waals surface area contributed by atoms with Gasteiger partial charge in [-0.2, -0.15) is 0 Å². The maximum absolute atomic E-state index is 13.8. The Morgan fingerprint density at radius 2 is 1.34 bits per heavy atom. The van der Waals surface area contributed by atoms with Crippen LogP contribution in [0.25, 0.3) is 0 Å². The SMILES string of the molecule is O=C1[C@H]2[C@@H](c3ccccc3)OC3(C(=O)c4ccccc4C3=O)[C@H]2C(=O)N1C1CCCCC1. The van der Waals surface area contributed by atoms with Gasteiger partial charge in [-0.15, -0.1) is 0 Å². The van der Waals surface area contributed by atoms with E-state index in [1.807, 2.05) is 30.3 Å². The normalized spacial score (nSPS) is 29.1.